The monoisotopic (exact) mass is 672 g/mol. The van der Waals surface area contributed by atoms with Crippen LogP contribution in [-0.2, 0) is 23.8 Å². The van der Waals surface area contributed by atoms with E-state index in [2.05, 4.69) is 9.80 Å². The number of carbonyl (C=O) groups is 3. The molecule has 11 nitrogen and oxygen atoms in total. The van der Waals surface area contributed by atoms with Crippen LogP contribution in [0.15, 0.2) is 35.9 Å². The second-order valence-corrected chi connectivity index (χ2v) is 13.4. The maximum Gasteiger partial charge on any atom is 0.410 e. The van der Waals surface area contributed by atoms with E-state index in [0.29, 0.717) is 82.0 Å². The molecule has 0 saturated carbocycles. The maximum absolute atomic E-state index is 14.9. The van der Waals surface area contributed by atoms with Crippen LogP contribution in [0, 0.1) is 17.7 Å². The minimum Gasteiger partial charge on any atom is -0.457 e. The van der Waals surface area contributed by atoms with Crippen LogP contribution in [0.3, 0.4) is 0 Å². The number of cyclic esters (lactones) is 1. The van der Waals surface area contributed by atoms with Crippen LogP contribution in [0.4, 0.5) is 14.9 Å². The Labute approximate surface area is 284 Å². The molecule has 3 heterocycles. The van der Waals surface area contributed by atoms with Gasteiger partial charge in [-0.25, -0.2) is 9.18 Å². The van der Waals surface area contributed by atoms with E-state index in [9.17, 15) is 23.9 Å². The van der Waals surface area contributed by atoms with E-state index >= 15 is 0 Å². The highest BCUT2D eigenvalue weighted by molar-refractivity contribution is 5.76. The van der Waals surface area contributed by atoms with Crippen molar-refractivity contribution in [3.8, 4) is 0 Å². The molecule has 0 radical (unpaired) electrons. The summed E-state index contributed by atoms with van der Waals surface area (Å²) in [5.41, 5.74) is 2.03. The Hall–Kier alpha value is -3.48. The lowest BCUT2D eigenvalue weighted by Gasteiger charge is -2.36. The summed E-state index contributed by atoms with van der Waals surface area (Å²) in [5, 5.41) is 10.6. The number of ether oxygens (including phenoxy) is 3. The maximum atomic E-state index is 14.9. The molecule has 2 amide bonds. The molecule has 3 aliphatic heterocycles. The Bertz CT molecular complexity index is 1310. The molecule has 48 heavy (non-hydrogen) atoms. The summed E-state index contributed by atoms with van der Waals surface area (Å²) in [7, 11) is 3.60. The number of anilines is 1. The van der Waals surface area contributed by atoms with Gasteiger partial charge in [-0.1, -0.05) is 26.0 Å². The van der Waals surface area contributed by atoms with Crippen molar-refractivity contribution in [1.82, 2.24) is 14.7 Å². The fraction of sp³-hybridized carbons (Fsp3) is 0.639. The number of rotatable bonds is 7. The molecule has 0 spiro atoms. The van der Waals surface area contributed by atoms with Gasteiger partial charge in [-0.15, -0.1) is 0 Å². The first kappa shape index (κ1) is 37.3. The first-order valence-electron chi connectivity index (χ1n) is 17.1. The van der Waals surface area contributed by atoms with Crippen molar-refractivity contribution >= 4 is 29.7 Å². The number of aliphatic hydroxyl groups excluding tert-OH is 1. The van der Waals surface area contributed by atoms with Gasteiger partial charge in [-0.05, 0) is 68.1 Å². The van der Waals surface area contributed by atoms with Crippen LogP contribution in [0.2, 0.25) is 0 Å². The summed E-state index contributed by atoms with van der Waals surface area (Å²) in [4.78, 5) is 46.2. The van der Waals surface area contributed by atoms with Gasteiger partial charge in [-0.2, -0.15) is 0 Å². The standard InChI is InChI=1S/C36H53FN4O7/c1-25-6-8-31(42)24-34(44)48-35(26(2)7-9-32(25)47-36(45)41-13-11-38(4)12-14-41)27(3)20-28-21-29(37)23-30(22-28)39-15-17-40(18-16-39)33(43)10-19-46-5/h7,9,20-23,25-26,31-32,35,42H,6,8,10-19,24H2,1-5H3/b9-7-,27-20+/t25-,26+,31+,32+,35+/m1/s1. The first-order chi connectivity index (χ1) is 22.9. The predicted octanol–water partition coefficient (Wildman–Crippen LogP) is 3.95. The number of likely N-dealkylation sites (N-methyl/N-ethyl adjacent to an activating group) is 1. The van der Waals surface area contributed by atoms with E-state index in [1.165, 1.54) is 12.1 Å². The molecular formula is C36H53FN4O7. The molecule has 5 atom stereocenters. The number of methoxy groups -OCH3 is 1. The summed E-state index contributed by atoms with van der Waals surface area (Å²) in [6.07, 6.45) is 4.25. The van der Waals surface area contributed by atoms with E-state index in [-0.39, 0.29) is 30.3 Å². The van der Waals surface area contributed by atoms with Crippen molar-refractivity contribution in [1.29, 1.82) is 0 Å². The lowest BCUT2D eigenvalue weighted by Crippen LogP contribution is -2.49. The number of benzene rings is 1. The predicted molar refractivity (Wildman–Crippen MR) is 182 cm³/mol. The summed E-state index contributed by atoms with van der Waals surface area (Å²) in [5.74, 6) is -1.25. The highest BCUT2D eigenvalue weighted by atomic mass is 19.1. The van der Waals surface area contributed by atoms with E-state index in [1.54, 1.807) is 12.0 Å². The van der Waals surface area contributed by atoms with Gasteiger partial charge in [0.05, 0.1) is 25.6 Å². The van der Waals surface area contributed by atoms with Gasteiger partial charge in [0, 0.05) is 71.1 Å². The van der Waals surface area contributed by atoms with Crippen LogP contribution in [0.5, 0.6) is 0 Å². The molecule has 12 heteroatoms. The average molecular weight is 673 g/mol. The zero-order valence-corrected chi connectivity index (χ0v) is 29.1. The molecule has 1 aromatic rings. The van der Waals surface area contributed by atoms with Gasteiger partial charge in [-0.3, -0.25) is 9.59 Å². The van der Waals surface area contributed by atoms with Crippen LogP contribution >= 0.6 is 0 Å². The fourth-order valence-corrected chi connectivity index (χ4v) is 6.40. The smallest absolute Gasteiger partial charge is 0.410 e. The van der Waals surface area contributed by atoms with Crippen LogP contribution < -0.4 is 4.90 Å². The lowest BCUT2D eigenvalue weighted by molar-refractivity contribution is -0.151. The summed E-state index contributed by atoms with van der Waals surface area (Å²) < 4.78 is 31.9. The van der Waals surface area contributed by atoms with Crippen molar-refractivity contribution < 1.29 is 38.1 Å². The molecule has 2 saturated heterocycles. The third-order valence-electron chi connectivity index (χ3n) is 9.52. The highest BCUT2D eigenvalue weighted by Crippen LogP contribution is 2.28. The largest absolute Gasteiger partial charge is 0.457 e. The summed E-state index contributed by atoms with van der Waals surface area (Å²) in [6, 6.07) is 4.82. The molecule has 0 aliphatic carbocycles. The second-order valence-electron chi connectivity index (χ2n) is 13.4. The molecule has 0 bridgehead atoms. The first-order valence-corrected chi connectivity index (χ1v) is 17.1. The number of aliphatic hydroxyl groups is 1. The van der Waals surface area contributed by atoms with E-state index in [4.69, 9.17) is 14.2 Å². The van der Waals surface area contributed by atoms with Gasteiger partial charge < -0.3 is 38.9 Å². The molecule has 1 N–H and O–H groups in total. The summed E-state index contributed by atoms with van der Waals surface area (Å²) in [6.45, 7) is 11.1. The molecular weight excluding hydrogens is 619 g/mol. The van der Waals surface area contributed by atoms with E-state index < -0.39 is 30.1 Å². The van der Waals surface area contributed by atoms with Gasteiger partial charge in [0.2, 0.25) is 5.91 Å². The Morgan fingerprint density at radius 3 is 2.38 bits per heavy atom. The zero-order valence-electron chi connectivity index (χ0n) is 29.1. The SMILES string of the molecule is COCCC(=O)N1CCN(c2cc(F)cc(/C=C(\C)[C@H]3OC(=O)C[C@@H](O)CC[C@@H](C)[C@@H](OC(=O)N4CCN(C)CC4)/C=C\[C@@H]3C)c2)CC1. The number of nitrogens with zero attached hydrogens (tertiary/aromatic N) is 4. The van der Waals surface area contributed by atoms with Crippen molar-refractivity contribution in [3.05, 3.63) is 47.3 Å². The average Bonchev–Trinajstić information content (AvgIpc) is 3.06. The van der Waals surface area contributed by atoms with Crippen molar-refractivity contribution in [2.24, 2.45) is 11.8 Å². The molecule has 266 valence electrons. The van der Waals surface area contributed by atoms with Gasteiger partial charge in [0.1, 0.15) is 18.0 Å². The normalized spacial score (nSPS) is 27.5. The Kier molecular flexibility index (Phi) is 13.8. The van der Waals surface area contributed by atoms with Crippen molar-refractivity contribution in [2.45, 2.75) is 64.8 Å². The zero-order chi connectivity index (χ0) is 34.8. The Morgan fingerprint density at radius 1 is 1.00 bits per heavy atom. The number of piperazine rings is 2. The molecule has 3 aliphatic rings. The van der Waals surface area contributed by atoms with Gasteiger partial charge >= 0.3 is 12.1 Å². The topological polar surface area (TPSA) is 112 Å². The van der Waals surface area contributed by atoms with E-state index in [0.717, 1.165) is 13.1 Å². The number of carbonyl (C=O) groups excluding carboxylic acids is 3. The number of amides is 2. The third kappa shape index (κ3) is 10.8. The van der Waals surface area contributed by atoms with Crippen LogP contribution in [0.1, 0.15) is 52.0 Å². The van der Waals surface area contributed by atoms with E-state index in [1.807, 2.05) is 57.0 Å². The van der Waals surface area contributed by atoms with Crippen molar-refractivity contribution in [2.75, 3.05) is 78.0 Å². The quantitative estimate of drug-likeness (QED) is 0.340. The number of hydrogen-bond donors (Lipinski definition) is 1. The van der Waals surface area contributed by atoms with Crippen LogP contribution in [0.25, 0.3) is 6.08 Å². The third-order valence-corrected chi connectivity index (χ3v) is 9.52. The fourth-order valence-electron chi connectivity index (χ4n) is 6.40. The van der Waals surface area contributed by atoms with Crippen molar-refractivity contribution in [3.63, 3.8) is 0 Å². The Morgan fingerprint density at radius 2 is 1.69 bits per heavy atom. The van der Waals surface area contributed by atoms with Crippen LogP contribution in [-0.4, -0.2) is 129 Å². The Balaban J connectivity index is 1.51. The molecule has 4 rings (SSSR count). The molecule has 0 aromatic heterocycles. The summed E-state index contributed by atoms with van der Waals surface area (Å²) >= 11 is 0. The number of hydrogen-bond acceptors (Lipinski definition) is 9. The molecule has 2 fully saturated rings. The lowest BCUT2D eigenvalue weighted by atomic mass is 9.91. The molecule has 1 aromatic carbocycles. The van der Waals surface area contributed by atoms with Gasteiger partial charge in [0.15, 0.2) is 0 Å². The van der Waals surface area contributed by atoms with Gasteiger partial charge in [0.25, 0.3) is 0 Å². The number of esters is 1. The molecule has 0 unspecified atom stereocenters. The minimum absolute atomic E-state index is 0.0474. The highest BCUT2D eigenvalue weighted by Gasteiger charge is 2.29. The number of halogens is 1. The minimum atomic E-state index is -0.890. The second kappa shape index (κ2) is 17.8.